The Bertz CT molecular complexity index is 1810. The zero-order valence-electron chi connectivity index (χ0n) is 30.4. The second-order valence-corrected chi connectivity index (χ2v) is 16.4. The van der Waals surface area contributed by atoms with Crippen molar-refractivity contribution in [2.24, 2.45) is 11.8 Å². The van der Waals surface area contributed by atoms with Crippen LogP contribution in [0, 0.1) is 11.8 Å². The van der Waals surface area contributed by atoms with Gasteiger partial charge in [-0.3, -0.25) is 14.5 Å². The van der Waals surface area contributed by atoms with Crippen LogP contribution in [0.5, 0.6) is 11.5 Å². The van der Waals surface area contributed by atoms with Crippen molar-refractivity contribution in [2.75, 3.05) is 20.8 Å². The molecule has 0 radical (unpaired) electrons. The van der Waals surface area contributed by atoms with Crippen molar-refractivity contribution in [3.8, 4) is 22.8 Å². The first-order chi connectivity index (χ1) is 24.9. The molecule has 276 valence electrons. The lowest BCUT2D eigenvalue weighted by Gasteiger charge is -2.30. The van der Waals surface area contributed by atoms with Gasteiger partial charge in [0.1, 0.15) is 39.0 Å². The lowest BCUT2D eigenvalue weighted by atomic mass is 9.94. The summed E-state index contributed by atoms with van der Waals surface area (Å²) in [6, 6.07) is 16.4. The van der Waals surface area contributed by atoms with Gasteiger partial charge in [0.2, 0.25) is 5.91 Å². The van der Waals surface area contributed by atoms with Gasteiger partial charge in [-0.1, -0.05) is 60.7 Å². The molecule has 2 saturated carbocycles. The van der Waals surface area contributed by atoms with Crippen molar-refractivity contribution < 1.29 is 33.0 Å². The number of methoxy groups -OCH3 is 2. The van der Waals surface area contributed by atoms with Crippen molar-refractivity contribution in [2.45, 2.75) is 83.4 Å². The zero-order valence-corrected chi connectivity index (χ0v) is 32.0. The van der Waals surface area contributed by atoms with Crippen LogP contribution in [0.15, 0.2) is 63.9 Å². The summed E-state index contributed by atoms with van der Waals surface area (Å²) >= 11 is 7.08. The van der Waals surface area contributed by atoms with E-state index in [2.05, 4.69) is 10.6 Å². The molecule has 3 amide bonds. The number of fused-ring (bicyclic) bond motifs is 2. The number of nitrogens with zero attached hydrogens (tertiary/aromatic N) is 1. The summed E-state index contributed by atoms with van der Waals surface area (Å²) in [6.07, 6.45) is 7.18. The molecule has 10 nitrogen and oxygen atoms in total. The smallest absolute Gasteiger partial charge is 0.408 e. The van der Waals surface area contributed by atoms with E-state index in [4.69, 9.17) is 30.8 Å². The molecule has 12 heteroatoms. The minimum absolute atomic E-state index is 0.0614. The fraction of sp³-hybridized carbons (Fsp3) is 0.450. The van der Waals surface area contributed by atoms with E-state index in [0.717, 1.165) is 29.5 Å². The molecule has 2 N–H and O–H groups in total. The average molecular weight is 746 g/mol. The Morgan fingerprint density at radius 3 is 2.42 bits per heavy atom. The van der Waals surface area contributed by atoms with E-state index in [-0.39, 0.29) is 17.9 Å². The van der Waals surface area contributed by atoms with Crippen LogP contribution >= 0.6 is 24.0 Å². The maximum absolute atomic E-state index is 13.8. The Balaban J connectivity index is 1.19. The van der Waals surface area contributed by atoms with Crippen molar-refractivity contribution in [3.05, 3.63) is 76.4 Å². The summed E-state index contributed by atoms with van der Waals surface area (Å²) in [7, 11) is 3.19. The number of furan rings is 1. The fourth-order valence-electron chi connectivity index (χ4n) is 7.39. The Labute approximate surface area is 315 Å². The van der Waals surface area contributed by atoms with Gasteiger partial charge in [0, 0.05) is 36.7 Å². The number of nitrogens with one attached hydrogen (secondary N) is 2. The molecule has 3 aliphatic rings. The number of thioether (sulfide) groups is 1. The molecule has 2 aromatic carbocycles. The first kappa shape index (κ1) is 37.5. The normalized spacial score (nSPS) is 21.1. The number of amides is 3. The number of hydrogen-bond donors (Lipinski definition) is 2. The predicted molar refractivity (Wildman–Crippen MR) is 206 cm³/mol. The van der Waals surface area contributed by atoms with Gasteiger partial charge in [0.15, 0.2) is 0 Å². The third-order valence-corrected chi connectivity index (χ3v) is 11.1. The maximum Gasteiger partial charge on any atom is 0.408 e. The van der Waals surface area contributed by atoms with Crippen LogP contribution in [0.3, 0.4) is 0 Å². The van der Waals surface area contributed by atoms with Gasteiger partial charge in [-0.25, -0.2) is 4.79 Å². The Hall–Kier alpha value is -4.29. The summed E-state index contributed by atoms with van der Waals surface area (Å²) in [5, 5.41) is 5.74. The lowest BCUT2D eigenvalue weighted by Crippen LogP contribution is -2.49. The summed E-state index contributed by atoms with van der Waals surface area (Å²) in [5.41, 5.74) is 1.85. The number of carbonyl (C=O) groups is 3. The van der Waals surface area contributed by atoms with Crippen molar-refractivity contribution >= 4 is 52.3 Å². The van der Waals surface area contributed by atoms with Gasteiger partial charge in [0.25, 0.3) is 5.91 Å². The highest BCUT2D eigenvalue weighted by atomic mass is 32.2. The van der Waals surface area contributed by atoms with Crippen LogP contribution in [0.4, 0.5) is 4.79 Å². The average Bonchev–Trinajstić information content (AvgIpc) is 3.90. The molecular formula is C40H47N3O7S2. The summed E-state index contributed by atoms with van der Waals surface area (Å²) in [5.74, 6) is 3.22. The molecule has 3 fully saturated rings. The van der Waals surface area contributed by atoms with Crippen LogP contribution in [0.25, 0.3) is 17.4 Å². The molecule has 0 spiro atoms. The summed E-state index contributed by atoms with van der Waals surface area (Å²) < 4.78 is 23.5. The molecule has 2 bridgehead atoms. The van der Waals surface area contributed by atoms with Gasteiger partial charge in [0.05, 0.1) is 19.1 Å². The standard InChI is InChI=1S/C40H47N3O7S2/c1-40(2,3)50-38(46)42-31(17-24-10-7-6-8-11-24)36(44)41-15-9-12-27-21-33(28-19-29(47-4)22-30(20-28)48-5)49-34(27)23-35-37(45)43(39(51)52-35)32-18-25-13-14-26(32)16-25/h6-8,10-11,19-23,25-26,31-32H,9,12-18H2,1-5H3,(H,41,44)(H,42,46)/b35-23-/t25?,26?,31-,32?/m0/s1. The van der Waals surface area contributed by atoms with Gasteiger partial charge in [-0.05, 0) is 94.0 Å². The van der Waals surface area contributed by atoms with E-state index in [9.17, 15) is 14.4 Å². The first-order valence-electron chi connectivity index (χ1n) is 17.8. The zero-order chi connectivity index (χ0) is 37.0. The molecule has 3 unspecified atom stereocenters. The van der Waals surface area contributed by atoms with E-state index >= 15 is 0 Å². The first-order valence-corrected chi connectivity index (χ1v) is 19.1. The summed E-state index contributed by atoms with van der Waals surface area (Å²) in [6.45, 7) is 5.68. The van der Waals surface area contributed by atoms with Crippen LogP contribution < -0.4 is 20.1 Å². The highest BCUT2D eigenvalue weighted by Gasteiger charge is 2.48. The summed E-state index contributed by atoms with van der Waals surface area (Å²) in [4.78, 5) is 42.3. The van der Waals surface area contributed by atoms with Crippen molar-refractivity contribution in [1.82, 2.24) is 15.5 Å². The number of rotatable bonds is 13. The van der Waals surface area contributed by atoms with Crippen LogP contribution in [0.1, 0.15) is 69.8 Å². The van der Waals surface area contributed by atoms with Crippen LogP contribution in [-0.2, 0) is 27.2 Å². The minimum atomic E-state index is -0.826. The van der Waals surface area contributed by atoms with Gasteiger partial charge in [-0.2, -0.15) is 0 Å². The number of thiocarbonyl (C=S) groups is 1. The van der Waals surface area contributed by atoms with Gasteiger partial charge < -0.3 is 29.3 Å². The lowest BCUT2D eigenvalue weighted by molar-refractivity contribution is -0.124. The fourth-order valence-corrected chi connectivity index (χ4v) is 8.73. The van der Waals surface area contributed by atoms with E-state index in [0.29, 0.717) is 69.9 Å². The molecule has 4 atom stereocenters. The molecule has 1 aromatic heterocycles. The number of aryl methyl sites for hydroxylation is 1. The number of carbonyl (C=O) groups excluding carboxylic acids is 3. The van der Waals surface area contributed by atoms with E-state index in [1.807, 2.05) is 59.5 Å². The van der Waals surface area contributed by atoms with E-state index < -0.39 is 17.7 Å². The molecule has 52 heavy (non-hydrogen) atoms. The molecule has 1 aliphatic heterocycles. The Morgan fingerprint density at radius 1 is 1.06 bits per heavy atom. The minimum Gasteiger partial charge on any atom is -0.497 e. The molecule has 2 aliphatic carbocycles. The number of ether oxygens (including phenoxy) is 3. The number of alkyl carbamates (subject to hydrolysis) is 1. The second kappa shape index (κ2) is 16.2. The van der Waals surface area contributed by atoms with Crippen LogP contribution in [0.2, 0.25) is 0 Å². The van der Waals surface area contributed by atoms with E-state index in [1.165, 1.54) is 24.6 Å². The highest BCUT2D eigenvalue weighted by Crippen LogP contribution is 2.49. The SMILES string of the molecule is COc1cc(OC)cc(-c2cc(CCCNC(=O)[C@H](Cc3ccccc3)NC(=O)OC(C)(C)C)c(/C=C3\SC(=S)N(C4CC5CCC4C5)C3=O)o2)c1. The largest absolute Gasteiger partial charge is 0.497 e. The van der Waals surface area contributed by atoms with E-state index in [1.54, 1.807) is 41.1 Å². The maximum atomic E-state index is 13.8. The van der Waals surface area contributed by atoms with Crippen molar-refractivity contribution in [3.63, 3.8) is 0 Å². The topological polar surface area (TPSA) is 119 Å². The third kappa shape index (κ3) is 9.01. The molecule has 1 saturated heterocycles. The van der Waals surface area contributed by atoms with Crippen LogP contribution in [-0.4, -0.2) is 65.6 Å². The van der Waals surface area contributed by atoms with Crippen molar-refractivity contribution in [1.29, 1.82) is 0 Å². The third-order valence-electron chi connectivity index (χ3n) is 9.81. The highest BCUT2D eigenvalue weighted by molar-refractivity contribution is 8.26. The number of benzene rings is 2. The number of hydrogen-bond acceptors (Lipinski definition) is 9. The Morgan fingerprint density at radius 2 is 1.79 bits per heavy atom. The predicted octanol–water partition coefficient (Wildman–Crippen LogP) is 7.54. The molecular weight excluding hydrogens is 699 g/mol. The molecule has 3 aromatic rings. The Kier molecular flexibility index (Phi) is 11.6. The molecule has 6 rings (SSSR count). The second-order valence-electron chi connectivity index (χ2n) is 14.7. The van der Waals surface area contributed by atoms with Gasteiger partial charge >= 0.3 is 6.09 Å². The van der Waals surface area contributed by atoms with Gasteiger partial charge in [-0.15, -0.1) is 0 Å². The molecule has 2 heterocycles. The monoisotopic (exact) mass is 745 g/mol. The quantitative estimate of drug-likeness (QED) is 0.104.